The molecule has 2 aromatic rings. The smallest absolute Gasteiger partial charge is 0.290 e. The molecule has 5 nitrogen and oxygen atoms in total. The second-order valence-corrected chi connectivity index (χ2v) is 2.64. The molecule has 0 aliphatic carbocycles. The number of hydrogen-bond acceptors (Lipinski definition) is 4. The molecule has 0 amide bonds. The summed E-state index contributed by atoms with van der Waals surface area (Å²) in [6.45, 7) is -0.250. The summed E-state index contributed by atoms with van der Waals surface area (Å²) in [6.07, 6.45) is 2.75. The van der Waals surface area contributed by atoms with E-state index >= 15 is 0 Å². The summed E-state index contributed by atoms with van der Waals surface area (Å²) in [7, 11) is 0. The Morgan fingerprint density at radius 2 is 2.19 bits per heavy atom. The molecule has 1 heterocycles. The minimum Gasteiger partial charge on any atom is -0.483 e. The highest BCUT2D eigenvalue weighted by Gasteiger charge is 2.03. The highest BCUT2D eigenvalue weighted by atomic mass is 19.1. The first-order valence-corrected chi connectivity index (χ1v) is 4.10. The van der Waals surface area contributed by atoms with E-state index in [0.29, 0.717) is 5.39 Å². The van der Waals surface area contributed by atoms with Crippen LogP contribution in [0.5, 0.6) is 0 Å². The SMILES string of the molecule is N#Cc1cc(F)c2ncncc2c1.O=CO. The van der Waals surface area contributed by atoms with Crippen molar-refractivity contribution in [1.82, 2.24) is 9.97 Å². The second kappa shape index (κ2) is 5.36. The molecule has 0 radical (unpaired) electrons. The van der Waals surface area contributed by atoms with Gasteiger partial charge in [0.05, 0.1) is 11.6 Å². The van der Waals surface area contributed by atoms with Gasteiger partial charge in [-0.25, -0.2) is 14.4 Å². The van der Waals surface area contributed by atoms with Gasteiger partial charge in [0.2, 0.25) is 0 Å². The zero-order chi connectivity index (χ0) is 12.0. The van der Waals surface area contributed by atoms with Crippen LogP contribution in [0.15, 0.2) is 24.7 Å². The molecule has 16 heavy (non-hydrogen) atoms. The number of nitriles is 1. The minimum absolute atomic E-state index is 0.244. The number of fused-ring (bicyclic) bond motifs is 1. The molecule has 80 valence electrons. The van der Waals surface area contributed by atoms with E-state index in [1.165, 1.54) is 12.5 Å². The summed E-state index contributed by atoms with van der Waals surface area (Å²) in [5.74, 6) is -0.489. The van der Waals surface area contributed by atoms with Crippen molar-refractivity contribution in [2.45, 2.75) is 0 Å². The van der Waals surface area contributed by atoms with Crippen LogP contribution in [0.4, 0.5) is 4.39 Å². The van der Waals surface area contributed by atoms with E-state index in [0.717, 1.165) is 6.07 Å². The van der Waals surface area contributed by atoms with Gasteiger partial charge < -0.3 is 5.11 Å². The number of aromatic nitrogens is 2. The summed E-state index contributed by atoms with van der Waals surface area (Å²) < 4.78 is 13.2. The highest BCUT2D eigenvalue weighted by molar-refractivity contribution is 5.79. The average Bonchev–Trinajstić information content (AvgIpc) is 2.30. The van der Waals surface area contributed by atoms with Crippen molar-refractivity contribution in [1.29, 1.82) is 5.26 Å². The summed E-state index contributed by atoms with van der Waals surface area (Å²) >= 11 is 0. The van der Waals surface area contributed by atoms with Crippen molar-refractivity contribution < 1.29 is 14.3 Å². The van der Waals surface area contributed by atoms with Gasteiger partial charge in [0.25, 0.3) is 6.47 Å². The van der Waals surface area contributed by atoms with Crippen molar-refractivity contribution >= 4 is 17.4 Å². The van der Waals surface area contributed by atoms with E-state index in [2.05, 4.69) is 9.97 Å². The fourth-order valence-corrected chi connectivity index (χ4v) is 1.12. The number of halogens is 1. The fraction of sp³-hybridized carbons (Fsp3) is 0. The molecule has 0 saturated heterocycles. The van der Waals surface area contributed by atoms with Crippen molar-refractivity contribution in [3.05, 3.63) is 36.0 Å². The molecule has 1 aromatic carbocycles. The van der Waals surface area contributed by atoms with E-state index in [-0.39, 0.29) is 17.6 Å². The van der Waals surface area contributed by atoms with Crippen LogP contribution in [-0.4, -0.2) is 21.5 Å². The summed E-state index contributed by atoms with van der Waals surface area (Å²) in [6, 6.07) is 4.58. The lowest BCUT2D eigenvalue weighted by molar-refractivity contribution is -0.122. The van der Waals surface area contributed by atoms with Crippen LogP contribution in [0, 0.1) is 17.1 Å². The third kappa shape index (κ3) is 2.48. The van der Waals surface area contributed by atoms with Crippen molar-refractivity contribution in [3.63, 3.8) is 0 Å². The first-order chi connectivity index (χ1) is 7.72. The third-order valence-electron chi connectivity index (χ3n) is 1.69. The Balaban J connectivity index is 0.000000386. The zero-order valence-corrected chi connectivity index (χ0v) is 7.96. The lowest BCUT2D eigenvalue weighted by atomic mass is 10.1. The molecular weight excluding hydrogens is 213 g/mol. The lowest BCUT2D eigenvalue weighted by Crippen LogP contribution is -1.87. The van der Waals surface area contributed by atoms with Gasteiger partial charge in [-0.05, 0) is 12.1 Å². The molecule has 0 aliphatic heterocycles. The molecule has 0 fully saturated rings. The minimum atomic E-state index is -0.489. The first kappa shape index (κ1) is 11.5. The third-order valence-corrected chi connectivity index (χ3v) is 1.69. The number of carbonyl (C=O) groups is 1. The molecule has 0 bridgehead atoms. The van der Waals surface area contributed by atoms with Gasteiger partial charge in [-0.15, -0.1) is 0 Å². The van der Waals surface area contributed by atoms with Crippen LogP contribution in [0.25, 0.3) is 10.9 Å². The molecular formula is C10H6FN3O2. The van der Waals surface area contributed by atoms with E-state index in [1.807, 2.05) is 6.07 Å². The topological polar surface area (TPSA) is 86.9 Å². The predicted molar refractivity (Wildman–Crippen MR) is 52.9 cm³/mol. The Morgan fingerprint density at radius 3 is 2.81 bits per heavy atom. The molecule has 6 heteroatoms. The van der Waals surface area contributed by atoms with Crippen LogP contribution < -0.4 is 0 Å². The summed E-state index contributed by atoms with van der Waals surface area (Å²) in [5.41, 5.74) is 0.522. The molecule has 1 aromatic heterocycles. The maximum atomic E-state index is 13.2. The zero-order valence-electron chi connectivity index (χ0n) is 7.96. The second-order valence-electron chi connectivity index (χ2n) is 2.64. The maximum Gasteiger partial charge on any atom is 0.290 e. The maximum absolute atomic E-state index is 13.2. The average molecular weight is 219 g/mol. The van der Waals surface area contributed by atoms with Crippen molar-refractivity contribution in [3.8, 4) is 6.07 Å². The Hall–Kier alpha value is -2.55. The van der Waals surface area contributed by atoms with Crippen LogP contribution in [0.2, 0.25) is 0 Å². The number of nitrogens with zero attached hydrogens (tertiary/aromatic N) is 3. The Bertz CT molecular complexity index is 551. The van der Waals surface area contributed by atoms with Crippen molar-refractivity contribution in [2.24, 2.45) is 0 Å². The Morgan fingerprint density at radius 1 is 1.50 bits per heavy atom. The first-order valence-electron chi connectivity index (χ1n) is 4.10. The van der Waals surface area contributed by atoms with Gasteiger partial charge in [0.1, 0.15) is 11.8 Å². The molecule has 2 rings (SSSR count). The number of rotatable bonds is 0. The number of carboxylic acid groups (broad SMARTS) is 1. The predicted octanol–water partition coefficient (Wildman–Crippen LogP) is 1.34. The molecule has 0 spiro atoms. The van der Waals surface area contributed by atoms with Crippen LogP contribution in [0.1, 0.15) is 5.56 Å². The number of benzene rings is 1. The van der Waals surface area contributed by atoms with E-state index < -0.39 is 5.82 Å². The van der Waals surface area contributed by atoms with Gasteiger partial charge in [-0.2, -0.15) is 5.26 Å². The Labute approximate surface area is 89.8 Å². The molecule has 1 N–H and O–H groups in total. The van der Waals surface area contributed by atoms with Gasteiger partial charge >= 0.3 is 0 Å². The largest absolute Gasteiger partial charge is 0.483 e. The Kier molecular flexibility index (Phi) is 3.86. The van der Waals surface area contributed by atoms with Gasteiger partial charge in [0, 0.05) is 11.6 Å². The summed E-state index contributed by atoms with van der Waals surface area (Å²) in [5, 5.41) is 16.0. The van der Waals surface area contributed by atoms with Gasteiger partial charge in [-0.1, -0.05) is 0 Å². The lowest BCUT2D eigenvalue weighted by Gasteiger charge is -1.97. The molecule has 0 unspecified atom stereocenters. The molecule has 0 aliphatic rings. The normalized spacial score (nSPS) is 8.75. The van der Waals surface area contributed by atoms with Gasteiger partial charge in [-0.3, -0.25) is 4.79 Å². The fourth-order valence-electron chi connectivity index (χ4n) is 1.12. The van der Waals surface area contributed by atoms with Crippen molar-refractivity contribution in [2.75, 3.05) is 0 Å². The van der Waals surface area contributed by atoms with E-state index in [9.17, 15) is 4.39 Å². The van der Waals surface area contributed by atoms with E-state index in [1.54, 1.807) is 6.07 Å². The molecule has 0 atom stereocenters. The highest BCUT2D eigenvalue weighted by Crippen LogP contribution is 2.15. The quantitative estimate of drug-likeness (QED) is 0.675. The van der Waals surface area contributed by atoms with Crippen LogP contribution in [0.3, 0.4) is 0 Å². The standard InChI is InChI=1S/C9H4FN3.CH2O2/c10-8-2-6(3-11)1-7-4-12-5-13-9(7)8;2-1-3/h1-2,4-5H;1H,(H,2,3). The van der Waals surface area contributed by atoms with Gasteiger partial charge in [0.15, 0.2) is 5.82 Å². The van der Waals surface area contributed by atoms with Crippen LogP contribution in [-0.2, 0) is 4.79 Å². The van der Waals surface area contributed by atoms with E-state index in [4.69, 9.17) is 15.2 Å². The monoisotopic (exact) mass is 219 g/mol. The van der Waals surface area contributed by atoms with Crippen LogP contribution >= 0.6 is 0 Å². The summed E-state index contributed by atoms with van der Waals surface area (Å²) in [4.78, 5) is 15.9. The number of hydrogen-bond donors (Lipinski definition) is 1. The molecule has 0 saturated carbocycles.